The molecule has 0 spiro atoms. The molecule has 0 radical (unpaired) electrons. The van der Waals surface area contributed by atoms with E-state index in [1.807, 2.05) is 13.8 Å². The summed E-state index contributed by atoms with van der Waals surface area (Å²) in [4.78, 5) is 30.6. The van der Waals surface area contributed by atoms with Crippen molar-refractivity contribution in [3.05, 3.63) is 36.3 Å². The van der Waals surface area contributed by atoms with E-state index >= 15 is 4.39 Å². The van der Waals surface area contributed by atoms with E-state index in [1.54, 1.807) is 26.8 Å². The summed E-state index contributed by atoms with van der Waals surface area (Å²) in [5, 5.41) is 22.1. The first-order chi connectivity index (χ1) is 17.8. The first-order valence-electron chi connectivity index (χ1n) is 13.5. The van der Waals surface area contributed by atoms with Crippen molar-refractivity contribution < 1.29 is 38.1 Å². The van der Waals surface area contributed by atoms with Crippen molar-refractivity contribution in [1.82, 2.24) is 4.98 Å². The Balaban J connectivity index is 1.88. The van der Waals surface area contributed by atoms with Gasteiger partial charge in [0, 0.05) is 25.3 Å². The summed E-state index contributed by atoms with van der Waals surface area (Å²) < 4.78 is 31.9. The number of esters is 1. The Hall–Kier alpha value is -2.36. The number of ether oxygens (including phenoxy) is 2. The molecule has 0 amide bonds. The summed E-state index contributed by atoms with van der Waals surface area (Å²) in [5.74, 6) is -2.40. The fourth-order valence-electron chi connectivity index (χ4n) is 5.26. The number of hydrogen-bond acceptors (Lipinski definition) is 8. The second kappa shape index (κ2) is 12.2. The molecule has 0 bridgehead atoms. The summed E-state index contributed by atoms with van der Waals surface area (Å²) in [6, 6.07) is 0. The van der Waals surface area contributed by atoms with Crippen molar-refractivity contribution in [2.75, 3.05) is 0 Å². The first-order valence-corrected chi connectivity index (χ1v) is 13.5. The van der Waals surface area contributed by atoms with Crippen LogP contribution in [-0.4, -0.2) is 57.0 Å². The quantitative estimate of drug-likeness (QED) is 0.311. The second-order valence-corrected chi connectivity index (χ2v) is 11.6. The summed E-state index contributed by atoms with van der Waals surface area (Å²) in [5.41, 5.74) is -1.59. The SMILES string of the molecule is C=CCCC1C(=O)C(C)(C)C(O)CC(=O)OC(C(F)=Cc2coc(C)n2)CC2OC2(C)CCCC(C)C1O. The van der Waals surface area contributed by atoms with E-state index < -0.39 is 53.5 Å². The Bertz CT molecular complexity index is 1030. The molecule has 2 fully saturated rings. The molecule has 2 aliphatic heterocycles. The Morgan fingerprint density at radius 3 is 2.63 bits per heavy atom. The number of carbonyl (C=O) groups excluding carboxylic acids is 2. The summed E-state index contributed by atoms with van der Waals surface area (Å²) >= 11 is 0. The highest BCUT2D eigenvalue weighted by molar-refractivity contribution is 5.88. The molecule has 0 saturated carbocycles. The third-order valence-corrected chi connectivity index (χ3v) is 8.14. The number of carbonyl (C=O) groups is 2. The maximum atomic E-state index is 15.3. The minimum Gasteiger partial charge on any atom is -0.455 e. The smallest absolute Gasteiger partial charge is 0.309 e. The van der Waals surface area contributed by atoms with Gasteiger partial charge in [0.05, 0.1) is 35.7 Å². The lowest BCUT2D eigenvalue weighted by atomic mass is 9.71. The zero-order chi connectivity index (χ0) is 28.3. The van der Waals surface area contributed by atoms with Crippen LogP contribution < -0.4 is 0 Å². The Labute approximate surface area is 224 Å². The van der Waals surface area contributed by atoms with Crippen LogP contribution in [0.5, 0.6) is 0 Å². The van der Waals surface area contributed by atoms with Gasteiger partial charge in [-0.2, -0.15) is 0 Å². The molecule has 9 heteroatoms. The summed E-state index contributed by atoms with van der Waals surface area (Å²) in [7, 11) is 0. The maximum Gasteiger partial charge on any atom is 0.309 e. The molecule has 2 N–H and O–H groups in total. The molecule has 38 heavy (non-hydrogen) atoms. The number of rotatable bonds is 5. The van der Waals surface area contributed by atoms with Gasteiger partial charge in [-0.3, -0.25) is 9.59 Å². The normalized spacial score (nSPS) is 35.3. The van der Waals surface area contributed by atoms with Crippen LogP contribution in [0.1, 0.15) is 84.2 Å². The minimum atomic E-state index is -1.39. The number of cyclic esters (lactones) is 1. The van der Waals surface area contributed by atoms with Crippen LogP contribution in [0.4, 0.5) is 4.39 Å². The zero-order valence-corrected chi connectivity index (χ0v) is 23.1. The fraction of sp³-hybridized carbons (Fsp3) is 0.690. The third-order valence-electron chi connectivity index (χ3n) is 8.14. The molecule has 3 heterocycles. The highest BCUT2D eigenvalue weighted by Gasteiger charge is 2.53. The summed E-state index contributed by atoms with van der Waals surface area (Å²) in [6.07, 6.45) is 2.89. The van der Waals surface area contributed by atoms with Gasteiger partial charge < -0.3 is 24.1 Å². The van der Waals surface area contributed by atoms with Crippen molar-refractivity contribution >= 4 is 17.8 Å². The number of ketones is 1. The van der Waals surface area contributed by atoms with Gasteiger partial charge in [-0.25, -0.2) is 9.37 Å². The molecule has 7 unspecified atom stereocenters. The zero-order valence-electron chi connectivity index (χ0n) is 23.1. The molecule has 7 atom stereocenters. The van der Waals surface area contributed by atoms with Gasteiger partial charge in [-0.05, 0) is 38.5 Å². The molecule has 212 valence electrons. The third kappa shape index (κ3) is 7.18. The average Bonchev–Trinajstić information content (AvgIpc) is 3.29. The molecule has 0 aromatic carbocycles. The number of fused-ring (bicyclic) bond motifs is 1. The van der Waals surface area contributed by atoms with E-state index in [2.05, 4.69) is 11.6 Å². The number of allylic oxidation sites excluding steroid dienone is 1. The highest BCUT2D eigenvalue weighted by Crippen LogP contribution is 2.45. The average molecular weight is 536 g/mol. The predicted molar refractivity (Wildman–Crippen MR) is 139 cm³/mol. The predicted octanol–water partition coefficient (Wildman–Crippen LogP) is 4.86. The van der Waals surface area contributed by atoms with Crippen LogP contribution in [0.25, 0.3) is 6.08 Å². The van der Waals surface area contributed by atoms with Crippen LogP contribution in [0.15, 0.2) is 29.2 Å². The van der Waals surface area contributed by atoms with Crippen LogP contribution in [0.3, 0.4) is 0 Å². The van der Waals surface area contributed by atoms with Crippen molar-refractivity contribution in [2.45, 2.75) is 110 Å². The first kappa shape index (κ1) is 30.2. The number of halogens is 1. The monoisotopic (exact) mass is 535 g/mol. The number of aliphatic hydroxyl groups excluding tert-OH is 2. The Morgan fingerprint density at radius 1 is 1.29 bits per heavy atom. The minimum absolute atomic E-state index is 0.0988. The maximum absolute atomic E-state index is 15.3. The van der Waals surface area contributed by atoms with E-state index in [0.717, 1.165) is 12.5 Å². The lowest BCUT2D eigenvalue weighted by Gasteiger charge is -2.36. The van der Waals surface area contributed by atoms with Crippen LogP contribution in [0.2, 0.25) is 0 Å². The number of nitrogens with zero attached hydrogens (tertiary/aromatic N) is 1. The van der Waals surface area contributed by atoms with Gasteiger partial charge >= 0.3 is 5.97 Å². The largest absolute Gasteiger partial charge is 0.455 e. The number of hydrogen-bond donors (Lipinski definition) is 2. The number of oxazole rings is 1. The van der Waals surface area contributed by atoms with Gasteiger partial charge in [-0.15, -0.1) is 6.58 Å². The van der Waals surface area contributed by atoms with Gasteiger partial charge in [0.2, 0.25) is 0 Å². The molecular weight excluding hydrogens is 493 g/mol. The standard InChI is InChI=1S/C29H42FNO7/c1-7-8-11-20-26(34)17(2)10-9-12-29(6)24(38-29)14-22(21(30)13-19-16-36-18(3)31-19)37-25(33)15-23(32)28(4,5)27(20)35/h7,13,16-17,20,22-24,26,32,34H,1,8-12,14-15H2,2-6H3. The molecule has 1 aromatic rings. The number of aryl methyl sites for hydroxylation is 1. The number of aliphatic hydroxyl groups is 2. The molecule has 0 aliphatic carbocycles. The topological polar surface area (TPSA) is 122 Å². The molecule has 3 rings (SSSR count). The van der Waals surface area contributed by atoms with Gasteiger partial charge in [-0.1, -0.05) is 33.3 Å². The highest BCUT2D eigenvalue weighted by atomic mass is 19.1. The molecule has 1 aromatic heterocycles. The molecule has 2 saturated heterocycles. The number of Topliss-reactive ketones (excluding diaryl/α,β-unsaturated/α-hetero) is 1. The van der Waals surface area contributed by atoms with Gasteiger partial charge in [0.15, 0.2) is 12.0 Å². The molecule has 2 aliphatic rings. The fourth-order valence-corrected chi connectivity index (χ4v) is 5.26. The number of epoxide rings is 1. The lowest BCUT2D eigenvalue weighted by Crippen LogP contribution is -2.46. The van der Waals surface area contributed by atoms with E-state index in [1.165, 1.54) is 6.26 Å². The van der Waals surface area contributed by atoms with Crippen molar-refractivity contribution in [2.24, 2.45) is 17.3 Å². The van der Waals surface area contributed by atoms with Crippen molar-refractivity contribution in [1.29, 1.82) is 0 Å². The van der Waals surface area contributed by atoms with Gasteiger partial charge in [0.25, 0.3) is 0 Å². The van der Waals surface area contributed by atoms with Gasteiger partial charge in [0.1, 0.15) is 23.6 Å². The van der Waals surface area contributed by atoms with Crippen LogP contribution in [0, 0.1) is 24.2 Å². The summed E-state index contributed by atoms with van der Waals surface area (Å²) in [6.45, 7) is 12.3. The second-order valence-electron chi connectivity index (χ2n) is 11.6. The van der Waals surface area contributed by atoms with Crippen molar-refractivity contribution in [3.63, 3.8) is 0 Å². The van der Waals surface area contributed by atoms with Crippen LogP contribution in [-0.2, 0) is 19.1 Å². The lowest BCUT2D eigenvalue weighted by molar-refractivity contribution is -0.155. The van der Waals surface area contributed by atoms with E-state index in [9.17, 15) is 19.8 Å². The Morgan fingerprint density at radius 2 is 2.00 bits per heavy atom. The molecule has 8 nitrogen and oxygen atoms in total. The van der Waals surface area contributed by atoms with E-state index in [4.69, 9.17) is 13.9 Å². The molecular formula is C29H42FNO7. The van der Waals surface area contributed by atoms with Crippen LogP contribution >= 0.6 is 0 Å². The number of aromatic nitrogens is 1. The van der Waals surface area contributed by atoms with E-state index in [-0.39, 0.29) is 29.9 Å². The Kier molecular flexibility index (Phi) is 9.71. The van der Waals surface area contributed by atoms with E-state index in [0.29, 0.717) is 31.6 Å². The van der Waals surface area contributed by atoms with Crippen molar-refractivity contribution in [3.8, 4) is 0 Å².